The molecule has 16 heavy (non-hydrogen) atoms. The number of ketones is 1. The van der Waals surface area contributed by atoms with E-state index in [0.717, 1.165) is 6.42 Å². The van der Waals surface area contributed by atoms with Gasteiger partial charge < -0.3 is 0 Å². The normalized spacial score (nSPS) is 23.0. The number of aromatic amines is 1. The van der Waals surface area contributed by atoms with Gasteiger partial charge in [-0.05, 0) is 17.9 Å². The fourth-order valence-corrected chi connectivity index (χ4v) is 2.05. The zero-order valence-corrected chi connectivity index (χ0v) is 8.63. The third-order valence-corrected chi connectivity index (χ3v) is 3.00. The molecular weight excluding hydrogens is 202 g/mol. The monoisotopic (exact) mass is 213 g/mol. The van der Waals surface area contributed by atoms with Gasteiger partial charge in [0, 0.05) is 5.92 Å². The van der Waals surface area contributed by atoms with E-state index in [9.17, 15) is 4.79 Å². The molecule has 1 aliphatic rings. The molecule has 80 valence electrons. The summed E-state index contributed by atoms with van der Waals surface area (Å²) in [6.07, 6.45) is 2.29. The molecule has 0 amide bonds. The Hall–Kier alpha value is -1.97. The summed E-state index contributed by atoms with van der Waals surface area (Å²) >= 11 is 0. The number of nitrogens with one attached hydrogen (secondary N) is 1. The van der Waals surface area contributed by atoms with Gasteiger partial charge in [0.25, 0.3) is 0 Å². The van der Waals surface area contributed by atoms with Gasteiger partial charge in [-0.3, -0.25) is 9.89 Å². The molecule has 2 unspecified atom stereocenters. The Bertz CT molecular complexity index is 492. The van der Waals surface area contributed by atoms with Gasteiger partial charge in [-0.25, -0.2) is 4.98 Å². The summed E-state index contributed by atoms with van der Waals surface area (Å²) in [7, 11) is 0. The van der Waals surface area contributed by atoms with Crippen LogP contribution in [0.1, 0.15) is 28.5 Å². The van der Waals surface area contributed by atoms with Crippen LogP contribution in [0.2, 0.25) is 0 Å². The molecule has 4 nitrogen and oxygen atoms in total. The van der Waals surface area contributed by atoms with E-state index >= 15 is 0 Å². The number of rotatable bonds is 3. The van der Waals surface area contributed by atoms with Crippen LogP contribution in [0, 0.1) is 5.92 Å². The van der Waals surface area contributed by atoms with Crippen LogP contribution in [0.4, 0.5) is 0 Å². The second-order valence-corrected chi connectivity index (χ2v) is 4.06. The minimum Gasteiger partial charge on any atom is -0.290 e. The molecule has 1 saturated carbocycles. The van der Waals surface area contributed by atoms with Crippen LogP contribution in [0.15, 0.2) is 36.7 Å². The second-order valence-electron chi connectivity index (χ2n) is 4.06. The van der Waals surface area contributed by atoms with Crippen molar-refractivity contribution < 1.29 is 4.79 Å². The average Bonchev–Trinajstić information content (AvgIpc) is 2.95. The van der Waals surface area contributed by atoms with E-state index in [1.165, 1.54) is 11.9 Å². The highest BCUT2D eigenvalue weighted by Gasteiger charge is 2.44. The molecule has 2 atom stereocenters. The van der Waals surface area contributed by atoms with Gasteiger partial charge in [-0.1, -0.05) is 30.3 Å². The predicted octanol–water partition coefficient (Wildman–Crippen LogP) is 1.79. The number of nitrogens with zero attached hydrogens (tertiary/aromatic N) is 2. The molecule has 0 bridgehead atoms. The van der Waals surface area contributed by atoms with Crippen LogP contribution < -0.4 is 0 Å². The quantitative estimate of drug-likeness (QED) is 0.791. The van der Waals surface area contributed by atoms with Gasteiger partial charge in [0.15, 0.2) is 5.82 Å². The van der Waals surface area contributed by atoms with E-state index in [4.69, 9.17) is 0 Å². The number of H-pyrrole nitrogens is 1. The summed E-state index contributed by atoms with van der Waals surface area (Å²) in [5.74, 6) is 0.893. The minimum atomic E-state index is 0.0753. The lowest BCUT2D eigenvalue weighted by molar-refractivity contribution is 0.0955. The first kappa shape index (κ1) is 9.27. The van der Waals surface area contributed by atoms with Crippen LogP contribution in [0.3, 0.4) is 0 Å². The molecule has 1 aliphatic carbocycles. The zero-order chi connectivity index (χ0) is 11.0. The van der Waals surface area contributed by atoms with Crippen molar-refractivity contribution in [3.05, 3.63) is 48.0 Å². The number of benzene rings is 1. The summed E-state index contributed by atoms with van der Waals surface area (Å²) in [4.78, 5) is 15.8. The van der Waals surface area contributed by atoms with E-state index < -0.39 is 0 Å². The van der Waals surface area contributed by atoms with Crippen LogP contribution >= 0.6 is 0 Å². The topological polar surface area (TPSA) is 58.6 Å². The Morgan fingerprint density at radius 2 is 2.12 bits per heavy atom. The Morgan fingerprint density at radius 3 is 2.81 bits per heavy atom. The standard InChI is InChI=1S/C12H11N3O/c16-11(12-13-7-14-15-12)10-6-9(10)8-4-2-1-3-5-8/h1-5,7,9-10H,6H2,(H,13,14,15). The van der Waals surface area contributed by atoms with Crippen LogP contribution in [-0.4, -0.2) is 21.0 Å². The highest BCUT2D eigenvalue weighted by molar-refractivity contribution is 5.97. The van der Waals surface area contributed by atoms with Crippen molar-refractivity contribution in [1.82, 2.24) is 15.2 Å². The smallest absolute Gasteiger partial charge is 0.203 e. The van der Waals surface area contributed by atoms with Gasteiger partial charge in [-0.15, -0.1) is 0 Å². The van der Waals surface area contributed by atoms with Crippen molar-refractivity contribution in [3.8, 4) is 0 Å². The third kappa shape index (κ3) is 1.52. The highest BCUT2D eigenvalue weighted by Crippen LogP contribution is 2.48. The van der Waals surface area contributed by atoms with Crippen molar-refractivity contribution in [3.63, 3.8) is 0 Å². The first-order chi connectivity index (χ1) is 7.86. The van der Waals surface area contributed by atoms with Gasteiger partial charge in [-0.2, -0.15) is 5.10 Å². The highest BCUT2D eigenvalue weighted by atomic mass is 16.1. The molecule has 0 spiro atoms. The molecular formula is C12H11N3O. The largest absolute Gasteiger partial charge is 0.290 e. The van der Waals surface area contributed by atoms with E-state index in [0.29, 0.717) is 11.7 Å². The molecule has 3 rings (SSSR count). The fourth-order valence-electron chi connectivity index (χ4n) is 2.05. The summed E-state index contributed by atoms with van der Waals surface area (Å²) in [5, 5.41) is 6.31. The van der Waals surface area contributed by atoms with Crippen LogP contribution in [0.25, 0.3) is 0 Å². The number of aromatic nitrogens is 3. The molecule has 4 heteroatoms. The third-order valence-electron chi connectivity index (χ3n) is 3.00. The van der Waals surface area contributed by atoms with E-state index in [2.05, 4.69) is 27.3 Å². The number of Topliss-reactive ketones (excluding diaryl/α,β-unsaturated/α-hetero) is 1. The molecule has 1 aromatic carbocycles. The van der Waals surface area contributed by atoms with Crippen molar-refractivity contribution in [2.45, 2.75) is 12.3 Å². The van der Waals surface area contributed by atoms with Crippen molar-refractivity contribution in [2.24, 2.45) is 5.92 Å². The maximum atomic E-state index is 11.9. The van der Waals surface area contributed by atoms with E-state index in [-0.39, 0.29) is 11.7 Å². The van der Waals surface area contributed by atoms with Crippen LogP contribution in [-0.2, 0) is 0 Å². The number of carbonyl (C=O) groups excluding carboxylic acids is 1. The van der Waals surface area contributed by atoms with Gasteiger partial charge in [0.2, 0.25) is 5.78 Å². The lowest BCUT2D eigenvalue weighted by Crippen LogP contribution is -2.05. The predicted molar refractivity (Wildman–Crippen MR) is 58.0 cm³/mol. The van der Waals surface area contributed by atoms with E-state index in [1.54, 1.807) is 0 Å². The molecule has 0 aliphatic heterocycles. The van der Waals surface area contributed by atoms with Gasteiger partial charge >= 0.3 is 0 Å². The Morgan fingerprint density at radius 1 is 1.31 bits per heavy atom. The zero-order valence-electron chi connectivity index (χ0n) is 8.63. The lowest BCUT2D eigenvalue weighted by atomic mass is 10.1. The summed E-state index contributed by atoms with van der Waals surface area (Å²) in [6.45, 7) is 0. The molecule has 1 heterocycles. The molecule has 2 aromatic rings. The maximum absolute atomic E-state index is 11.9. The van der Waals surface area contributed by atoms with Crippen molar-refractivity contribution in [2.75, 3.05) is 0 Å². The minimum absolute atomic E-state index is 0.0753. The average molecular weight is 213 g/mol. The molecule has 1 N–H and O–H groups in total. The van der Waals surface area contributed by atoms with Crippen LogP contribution in [0.5, 0.6) is 0 Å². The summed E-state index contributed by atoms with van der Waals surface area (Å²) < 4.78 is 0. The first-order valence-corrected chi connectivity index (χ1v) is 5.31. The van der Waals surface area contributed by atoms with E-state index in [1.807, 2.05) is 18.2 Å². The number of hydrogen-bond acceptors (Lipinski definition) is 3. The Balaban J connectivity index is 1.75. The van der Waals surface area contributed by atoms with Crippen molar-refractivity contribution >= 4 is 5.78 Å². The fraction of sp³-hybridized carbons (Fsp3) is 0.250. The van der Waals surface area contributed by atoms with Gasteiger partial charge in [0.1, 0.15) is 6.33 Å². The molecule has 1 fully saturated rings. The second kappa shape index (κ2) is 3.56. The number of carbonyl (C=O) groups is 1. The van der Waals surface area contributed by atoms with Crippen molar-refractivity contribution in [1.29, 1.82) is 0 Å². The lowest BCUT2D eigenvalue weighted by Gasteiger charge is -1.97. The number of hydrogen-bond donors (Lipinski definition) is 1. The SMILES string of the molecule is O=C(c1ncn[nH]1)C1CC1c1ccccc1. The summed E-state index contributed by atoms with van der Waals surface area (Å²) in [6, 6.07) is 10.1. The Labute approximate surface area is 92.7 Å². The Kier molecular flexibility index (Phi) is 2.06. The van der Waals surface area contributed by atoms with Gasteiger partial charge in [0.05, 0.1) is 0 Å². The molecule has 1 aromatic heterocycles. The first-order valence-electron chi connectivity index (χ1n) is 5.31. The maximum Gasteiger partial charge on any atom is 0.203 e. The molecule has 0 radical (unpaired) electrons. The molecule has 0 saturated heterocycles. The summed E-state index contributed by atoms with van der Waals surface area (Å²) in [5.41, 5.74) is 1.24.